The van der Waals surface area contributed by atoms with E-state index >= 15 is 0 Å². The topological polar surface area (TPSA) is 51.2 Å². The van der Waals surface area contributed by atoms with Crippen molar-refractivity contribution in [2.75, 3.05) is 59.2 Å². The van der Waals surface area contributed by atoms with Crippen molar-refractivity contribution in [1.82, 2.24) is 9.80 Å². The number of ether oxygens (including phenoxy) is 3. The molecule has 0 spiro atoms. The third-order valence-corrected chi connectivity index (χ3v) is 5.07. The number of likely N-dealkylation sites (tertiary alicyclic amines) is 1. The highest BCUT2D eigenvalue weighted by molar-refractivity contribution is 5.82. The highest BCUT2D eigenvalue weighted by Crippen LogP contribution is 2.19. The van der Waals surface area contributed by atoms with E-state index in [0.717, 1.165) is 58.5 Å². The van der Waals surface area contributed by atoms with E-state index in [0.29, 0.717) is 26.4 Å². The van der Waals surface area contributed by atoms with Crippen LogP contribution in [-0.2, 0) is 19.0 Å². The molecule has 3 aliphatic rings. The Bertz CT molecular complexity index is 368. The molecule has 6 nitrogen and oxygen atoms in total. The lowest BCUT2D eigenvalue weighted by molar-refractivity contribution is -0.142. The summed E-state index contributed by atoms with van der Waals surface area (Å²) in [6.07, 6.45) is 5.84. The molecule has 0 radical (unpaired) electrons. The third kappa shape index (κ3) is 4.89. The number of carbonyl (C=O) groups excluding carboxylic acids is 1. The highest BCUT2D eigenvalue weighted by Gasteiger charge is 2.32. The Labute approximate surface area is 139 Å². The van der Waals surface area contributed by atoms with E-state index in [2.05, 4.69) is 4.90 Å². The standard InChI is InChI=1S/C17H30N2O4/c20-17(19-8-11-21-12-9-19)16-5-1-2-6-18(16)7-13-22-14-15-4-3-10-23-15/h15-16H,1-14H2. The Morgan fingerprint density at radius 1 is 1.04 bits per heavy atom. The van der Waals surface area contributed by atoms with E-state index in [1.165, 1.54) is 6.42 Å². The summed E-state index contributed by atoms with van der Waals surface area (Å²) in [5, 5.41) is 0. The molecule has 0 aliphatic carbocycles. The van der Waals surface area contributed by atoms with E-state index in [4.69, 9.17) is 14.2 Å². The molecule has 0 aromatic heterocycles. The van der Waals surface area contributed by atoms with Crippen molar-refractivity contribution >= 4 is 5.91 Å². The molecule has 0 aromatic carbocycles. The van der Waals surface area contributed by atoms with Crippen molar-refractivity contribution in [1.29, 1.82) is 0 Å². The lowest BCUT2D eigenvalue weighted by Crippen LogP contribution is -2.54. The number of carbonyl (C=O) groups is 1. The first-order valence-electron chi connectivity index (χ1n) is 9.14. The molecule has 0 aromatic rings. The minimum Gasteiger partial charge on any atom is -0.378 e. The zero-order valence-electron chi connectivity index (χ0n) is 14.1. The summed E-state index contributed by atoms with van der Waals surface area (Å²) < 4.78 is 16.7. The van der Waals surface area contributed by atoms with Crippen LogP contribution in [0.5, 0.6) is 0 Å². The second-order valence-electron chi connectivity index (χ2n) is 6.70. The van der Waals surface area contributed by atoms with Gasteiger partial charge in [-0.3, -0.25) is 9.69 Å². The predicted molar refractivity (Wildman–Crippen MR) is 86.4 cm³/mol. The maximum atomic E-state index is 12.8. The maximum Gasteiger partial charge on any atom is 0.240 e. The molecule has 23 heavy (non-hydrogen) atoms. The van der Waals surface area contributed by atoms with Crippen molar-refractivity contribution in [2.45, 2.75) is 44.2 Å². The minimum absolute atomic E-state index is 0.0354. The van der Waals surface area contributed by atoms with Crippen LogP contribution in [0, 0.1) is 0 Å². The van der Waals surface area contributed by atoms with Gasteiger partial charge in [0, 0.05) is 26.2 Å². The molecule has 2 atom stereocenters. The fraction of sp³-hybridized carbons (Fsp3) is 0.941. The average Bonchev–Trinajstić information content (AvgIpc) is 3.13. The van der Waals surface area contributed by atoms with Gasteiger partial charge in [-0.15, -0.1) is 0 Å². The summed E-state index contributed by atoms with van der Waals surface area (Å²) in [6, 6.07) is 0.0354. The molecular weight excluding hydrogens is 296 g/mol. The smallest absolute Gasteiger partial charge is 0.240 e. The number of rotatable bonds is 6. The summed E-state index contributed by atoms with van der Waals surface area (Å²) in [7, 11) is 0. The monoisotopic (exact) mass is 326 g/mol. The fourth-order valence-corrected chi connectivity index (χ4v) is 3.71. The first-order chi connectivity index (χ1) is 11.3. The van der Waals surface area contributed by atoms with Crippen molar-refractivity contribution in [3.05, 3.63) is 0 Å². The first kappa shape index (κ1) is 17.1. The highest BCUT2D eigenvalue weighted by atomic mass is 16.5. The fourth-order valence-electron chi connectivity index (χ4n) is 3.71. The minimum atomic E-state index is 0.0354. The van der Waals surface area contributed by atoms with Gasteiger partial charge in [-0.1, -0.05) is 6.42 Å². The summed E-state index contributed by atoms with van der Waals surface area (Å²) in [6.45, 7) is 6.90. The normalized spacial score (nSPS) is 29.8. The largest absolute Gasteiger partial charge is 0.378 e. The van der Waals surface area contributed by atoms with Gasteiger partial charge in [0.05, 0.1) is 38.6 Å². The number of nitrogens with zero attached hydrogens (tertiary/aromatic N) is 2. The summed E-state index contributed by atoms with van der Waals surface area (Å²) in [4.78, 5) is 17.1. The van der Waals surface area contributed by atoms with Crippen LogP contribution < -0.4 is 0 Å². The number of morpholine rings is 1. The second kappa shape index (κ2) is 8.97. The Morgan fingerprint density at radius 2 is 1.91 bits per heavy atom. The molecule has 0 N–H and O–H groups in total. The van der Waals surface area contributed by atoms with Gasteiger partial charge in [0.25, 0.3) is 0 Å². The van der Waals surface area contributed by atoms with Crippen molar-refractivity contribution in [3.63, 3.8) is 0 Å². The maximum absolute atomic E-state index is 12.8. The number of hydrogen-bond acceptors (Lipinski definition) is 5. The van der Waals surface area contributed by atoms with Gasteiger partial charge in [0.15, 0.2) is 0 Å². The van der Waals surface area contributed by atoms with Gasteiger partial charge in [-0.05, 0) is 32.2 Å². The van der Waals surface area contributed by atoms with Gasteiger partial charge in [0.1, 0.15) is 0 Å². The summed E-state index contributed by atoms with van der Waals surface area (Å²) in [5.74, 6) is 0.284. The van der Waals surface area contributed by atoms with Crippen LogP contribution in [0.4, 0.5) is 0 Å². The Hall–Kier alpha value is -0.690. The SMILES string of the molecule is O=C(C1CCCCN1CCOCC1CCCO1)N1CCOCC1. The predicted octanol–water partition coefficient (Wildman–Crippen LogP) is 0.895. The van der Waals surface area contributed by atoms with Crippen LogP contribution in [0.2, 0.25) is 0 Å². The summed E-state index contributed by atoms with van der Waals surface area (Å²) in [5.41, 5.74) is 0. The molecule has 132 valence electrons. The van der Waals surface area contributed by atoms with Crippen LogP contribution in [0.15, 0.2) is 0 Å². The van der Waals surface area contributed by atoms with Crippen molar-refractivity contribution < 1.29 is 19.0 Å². The first-order valence-corrected chi connectivity index (χ1v) is 9.14. The number of amides is 1. The van der Waals surface area contributed by atoms with Gasteiger partial charge in [-0.2, -0.15) is 0 Å². The molecule has 1 amide bonds. The van der Waals surface area contributed by atoms with Crippen molar-refractivity contribution in [3.8, 4) is 0 Å². The van der Waals surface area contributed by atoms with Gasteiger partial charge < -0.3 is 19.1 Å². The van der Waals surface area contributed by atoms with Gasteiger partial charge >= 0.3 is 0 Å². The van der Waals surface area contributed by atoms with E-state index in [1.54, 1.807) is 0 Å². The van der Waals surface area contributed by atoms with Crippen LogP contribution in [-0.4, -0.2) is 87.1 Å². The molecule has 2 unspecified atom stereocenters. The van der Waals surface area contributed by atoms with Crippen LogP contribution >= 0.6 is 0 Å². The zero-order valence-corrected chi connectivity index (χ0v) is 14.1. The lowest BCUT2D eigenvalue weighted by Gasteiger charge is -2.38. The Balaban J connectivity index is 1.42. The van der Waals surface area contributed by atoms with Crippen LogP contribution in [0.25, 0.3) is 0 Å². The number of hydrogen-bond donors (Lipinski definition) is 0. The molecule has 0 bridgehead atoms. The van der Waals surface area contributed by atoms with Crippen molar-refractivity contribution in [2.24, 2.45) is 0 Å². The zero-order chi connectivity index (χ0) is 15.9. The Kier molecular flexibility index (Phi) is 6.68. The van der Waals surface area contributed by atoms with E-state index < -0.39 is 0 Å². The molecule has 0 saturated carbocycles. The van der Waals surface area contributed by atoms with Gasteiger partial charge in [-0.25, -0.2) is 0 Å². The second-order valence-corrected chi connectivity index (χ2v) is 6.70. The van der Waals surface area contributed by atoms with Crippen LogP contribution in [0.3, 0.4) is 0 Å². The van der Waals surface area contributed by atoms with Gasteiger partial charge in [0.2, 0.25) is 5.91 Å². The average molecular weight is 326 g/mol. The number of piperidine rings is 1. The molecule has 3 heterocycles. The molecular formula is C17H30N2O4. The van der Waals surface area contributed by atoms with Crippen LogP contribution in [0.1, 0.15) is 32.1 Å². The Morgan fingerprint density at radius 3 is 2.70 bits per heavy atom. The lowest BCUT2D eigenvalue weighted by atomic mass is 10.0. The molecule has 3 aliphatic heterocycles. The molecule has 3 saturated heterocycles. The quantitative estimate of drug-likeness (QED) is 0.679. The summed E-state index contributed by atoms with van der Waals surface area (Å²) >= 11 is 0. The molecule has 6 heteroatoms. The molecule has 3 rings (SSSR count). The molecule has 3 fully saturated rings. The van der Waals surface area contributed by atoms with E-state index in [9.17, 15) is 4.79 Å². The third-order valence-electron chi connectivity index (χ3n) is 5.07. The van der Waals surface area contributed by atoms with E-state index in [-0.39, 0.29) is 18.1 Å². The van der Waals surface area contributed by atoms with E-state index in [1.807, 2.05) is 4.90 Å².